The van der Waals surface area contributed by atoms with E-state index in [2.05, 4.69) is 10.6 Å². The first-order chi connectivity index (χ1) is 13.0. The van der Waals surface area contributed by atoms with Crippen molar-refractivity contribution in [3.05, 3.63) is 47.8 Å². The second-order valence-electron chi connectivity index (χ2n) is 6.05. The van der Waals surface area contributed by atoms with Gasteiger partial charge in [-0.2, -0.15) is 0 Å². The molecule has 0 spiro atoms. The zero-order valence-corrected chi connectivity index (χ0v) is 15.2. The summed E-state index contributed by atoms with van der Waals surface area (Å²) in [6, 6.07) is 9.18. The molecule has 1 atom stereocenters. The van der Waals surface area contributed by atoms with Crippen molar-refractivity contribution in [2.75, 3.05) is 23.8 Å². The van der Waals surface area contributed by atoms with Gasteiger partial charge in [0.2, 0.25) is 11.8 Å². The van der Waals surface area contributed by atoms with E-state index in [1.54, 1.807) is 18.2 Å². The summed E-state index contributed by atoms with van der Waals surface area (Å²) in [5.41, 5.74) is 1.36. The van der Waals surface area contributed by atoms with Crippen LogP contribution in [0.1, 0.15) is 31.7 Å². The van der Waals surface area contributed by atoms with Crippen LogP contribution >= 0.6 is 0 Å². The Kier molecular flexibility index (Phi) is 5.59. The van der Waals surface area contributed by atoms with E-state index >= 15 is 0 Å². The van der Waals surface area contributed by atoms with Crippen LogP contribution in [0.4, 0.5) is 15.8 Å². The Morgan fingerprint density at radius 3 is 2.70 bits per heavy atom. The molecule has 3 rings (SSSR count). The summed E-state index contributed by atoms with van der Waals surface area (Å²) in [6.45, 7) is 4.64. The quantitative estimate of drug-likeness (QED) is 0.811. The second-order valence-corrected chi connectivity index (χ2v) is 6.05. The summed E-state index contributed by atoms with van der Waals surface area (Å²) >= 11 is 0. The maximum Gasteiger partial charge on any atom is 0.232 e. The molecule has 0 aliphatic carbocycles. The number of anilines is 2. The Morgan fingerprint density at radius 2 is 1.96 bits per heavy atom. The number of ether oxygens (including phenoxy) is 2. The van der Waals surface area contributed by atoms with Crippen LogP contribution in [0.15, 0.2) is 36.4 Å². The molecule has 27 heavy (non-hydrogen) atoms. The molecule has 1 aliphatic rings. The van der Waals surface area contributed by atoms with E-state index in [0.717, 1.165) is 0 Å². The molecule has 2 aromatic carbocycles. The number of halogens is 1. The zero-order chi connectivity index (χ0) is 19.4. The molecule has 0 saturated heterocycles. The van der Waals surface area contributed by atoms with Gasteiger partial charge in [-0.3, -0.25) is 9.59 Å². The van der Waals surface area contributed by atoms with Gasteiger partial charge in [0, 0.05) is 18.2 Å². The molecule has 1 aliphatic heterocycles. The number of rotatable bonds is 6. The molecule has 0 radical (unpaired) electrons. The fraction of sp³-hybridized carbons (Fsp3) is 0.300. The van der Waals surface area contributed by atoms with Crippen molar-refractivity contribution in [1.29, 1.82) is 0 Å². The van der Waals surface area contributed by atoms with Gasteiger partial charge in [0.25, 0.3) is 0 Å². The highest BCUT2D eigenvalue weighted by molar-refractivity contribution is 6.05. The molecule has 6 nitrogen and oxygen atoms in total. The van der Waals surface area contributed by atoms with Crippen molar-refractivity contribution < 1.29 is 23.5 Å². The van der Waals surface area contributed by atoms with Crippen LogP contribution in [0.5, 0.6) is 11.5 Å². The summed E-state index contributed by atoms with van der Waals surface area (Å²) < 4.78 is 24.5. The third kappa shape index (κ3) is 4.19. The highest BCUT2D eigenvalue weighted by Crippen LogP contribution is 2.35. The Labute approximate surface area is 156 Å². The van der Waals surface area contributed by atoms with E-state index in [1.807, 2.05) is 13.8 Å². The summed E-state index contributed by atoms with van der Waals surface area (Å²) in [4.78, 5) is 24.9. The zero-order valence-electron chi connectivity index (χ0n) is 15.2. The van der Waals surface area contributed by atoms with Gasteiger partial charge in [-0.05, 0) is 43.7 Å². The van der Waals surface area contributed by atoms with Crippen LogP contribution < -0.4 is 20.1 Å². The fourth-order valence-electron chi connectivity index (χ4n) is 3.04. The topological polar surface area (TPSA) is 76.7 Å². The van der Waals surface area contributed by atoms with Crippen LogP contribution in [-0.4, -0.2) is 25.0 Å². The highest BCUT2D eigenvalue weighted by atomic mass is 19.1. The summed E-state index contributed by atoms with van der Waals surface area (Å²) in [6.07, 6.45) is -0.0143. The average molecular weight is 372 g/mol. The lowest BCUT2D eigenvalue weighted by Crippen LogP contribution is -2.31. The minimum Gasteiger partial charge on any atom is -0.494 e. The highest BCUT2D eigenvalue weighted by Gasteiger charge is 2.31. The maximum atomic E-state index is 13.5. The molecule has 0 fully saturated rings. The molecule has 0 saturated carbocycles. The van der Waals surface area contributed by atoms with Crippen LogP contribution in [0.25, 0.3) is 0 Å². The maximum absolute atomic E-state index is 13.5. The summed E-state index contributed by atoms with van der Waals surface area (Å²) in [5.74, 6) is -0.791. The molecule has 142 valence electrons. The van der Waals surface area contributed by atoms with Gasteiger partial charge in [-0.1, -0.05) is 6.07 Å². The minimum atomic E-state index is -0.723. The van der Waals surface area contributed by atoms with Crippen molar-refractivity contribution >= 4 is 23.2 Å². The molecule has 7 heteroatoms. The van der Waals surface area contributed by atoms with Crippen molar-refractivity contribution in [1.82, 2.24) is 0 Å². The van der Waals surface area contributed by atoms with Crippen LogP contribution in [-0.2, 0) is 9.59 Å². The van der Waals surface area contributed by atoms with E-state index in [0.29, 0.717) is 41.7 Å². The molecule has 1 unspecified atom stereocenters. The molecule has 0 aromatic heterocycles. The van der Waals surface area contributed by atoms with Gasteiger partial charge in [0.05, 0.1) is 24.8 Å². The second kappa shape index (κ2) is 8.07. The molecular weight excluding hydrogens is 351 g/mol. The monoisotopic (exact) mass is 372 g/mol. The van der Waals surface area contributed by atoms with E-state index in [1.165, 1.54) is 18.2 Å². The SMILES string of the molecule is CCOc1ccc(OCC)c(NC(=O)C2CC(=O)Nc3cc(F)ccc32)c1. The number of benzene rings is 2. The van der Waals surface area contributed by atoms with Crippen molar-refractivity contribution in [2.24, 2.45) is 0 Å². The Bertz CT molecular complexity index is 869. The van der Waals surface area contributed by atoms with Gasteiger partial charge >= 0.3 is 0 Å². The lowest BCUT2D eigenvalue weighted by atomic mass is 9.89. The molecule has 0 bridgehead atoms. The van der Waals surface area contributed by atoms with Gasteiger partial charge < -0.3 is 20.1 Å². The number of fused-ring (bicyclic) bond motifs is 1. The first-order valence-electron chi connectivity index (χ1n) is 8.81. The summed E-state index contributed by atoms with van der Waals surface area (Å²) in [5, 5.41) is 5.43. The number of carbonyl (C=O) groups is 2. The Balaban J connectivity index is 1.89. The largest absolute Gasteiger partial charge is 0.494 e. The summed E-state index contributed by atoms with van der Waals surface area (Å²) in [7, 11) is 0. The van der Waals surface area contributed by atoms with Gasteiger partial charge in [-0.25, -0.2) is 4.39 Å². The Hall–Kier alpha value is -3.09. The standard InChI is InChI=1S/C20H21FN2O4/c1-3-26-13-6-8-18(27-4-2)17(10-13)23-20(25)15-11-19(24)22-16-9-12(21)5-7-14(15)16/h5-10,15H,3-4,11H2,1-2H3,(H,22,24)(H,23,25). The predicted octanol–water partition coefficient (Wildman–Crippen LogP) is 3.69. The average Bonchev–Trinajstić information content (AvgIpc) is 2.63. The van der Waals surface area contributed by atoms with Crippen LogP contribution in [0, 0.1) is 5.82 Å². The Morgan fingerprint density at radius 1 is 1.19 bits per heavy atom. The van der Waals surface area contributed by atoms with E-state index < -0.39 is 11.7 Å². The van der Waals surface area contributed by atoms with Crippen LogP contribution in [0.3, 0.4) is 0 Å². The molecule has 2 N–H and O–H groups in total. The van der Waals surface area contributed by atoms with Crippen molar-refractivity contribution in [3.63, 3.8) is 0 Å². The van der Waals surface area contributed by atoms with E-state index in [-0.39, 0.29) is 18.2 Å². The number of carbonyl (C=O) groups excluding carboxylic acids is 2. The van der Waals surface area contributed by atoms with Crippen LogP contribution in [0.2, 0.25) is 0 Å². The van der Waals surface area contributed by atoms with Crippen molar-refractivity contribution in [3.8, 4) is 11.5 Å². The molecular formula is C20H21FN2O4. The van der Waals surface area contributed by atoms with Crippen molar-refractivity contribution in [2.45, 2.75) is 26.2 Å². The van der Waals surface area contributed by atoms with E-state index in [4.69, 9.17) is 9.47 Å². The number of nitrogens with one attached hydrogen (secondary N) is 2. The van der Waals surface area contributed by atoms with Gasteiger partial charge in [0.15, 0.2) is 0 Å². The van der Waals surface area contributed by atoms with E-state index in [9.17, 15) is 14.0 Å². The number of hydrogen-bond acceptors (Lipinski definition) is 4. The van der Waals surface area contributed by atoms with Gasteiger partial charge in [0.1, 0.15) is 17.3 Å². The predicted molar refractivity (Wildman–Crippen MR) is 99.8 cm³/mol. The lowest BCUT2D eigenvalue weighted by Gasteiger charge is -2.25. The molecule has 2 aromatic rings. The minimum absolute atomic E-state index is 0.0143. The third-order valence-corrected chi connectivity index (χ3v) is 4.19. The third-order valence-electron chi connectivity index (χ3n) is 4.19. The normalized spacial score (nSPS) is 15.5. The molecule has 2 amide bonds. The van der Waals surface area contributed by atoms with Gasteiger partial charge in [-0.15, -0.1) is 0 Å². The first kappa shape index (κ1) is 18.7. The molecule has 1 heterocycles. The fourth-order valence-corrected chi connectivity index (χ4v) is 3.04. The number of amides is 2. The number of hydrogen-bond donors (Lipinski definition) is 2. The first-order valence-corrected chi connectivity index (χ1v) is 8.81. The smallest absolute Gasteiger partial charge is 0.232 e. The lowest BCUT2D eigenvalue weighted by molar-refractivity contribution is -0.123.